The van der Waals surface area contributed by atoms with Crippen LogP contribution in [0, 0.1) is 23.2 Å². The number of nitrogens with one attached hydrogen (secondary N) is 1. The lowest BCUT2D eigenvalue weighted by Crippen LogP contribution is -2.61. The molecule has 7 heteroatoms. The largest absolute Gasteiger partial charge is 0.393 e. The molecule has 0 spiro atoms. The summed E-state index contributed by atoms with van der Waals surface area (Å²) < 4.78 is 0. The van der Waals surface area contributed by atoms with Crippen molar-refractivity contribution in [3.63, 3.8) is 0 Å². The molecule has 1 aromatic rings. The van der Waals surface area contributed by atoms with Crippen LogP contribution in [0.3, 0.4) is 0 Å². The number of rotatable bonds is 3. The molecule has 4 bridgehead atoms. The first-order chi connectivity index (χ1) is 16.5. The predicted molar refractivity (Wildman–Crippen MR) is 128 cm³/mol. The number of urea groups is 1. The molecule has 6 aliphatic rings. The smallest absolute Gasteiger partial charge is 0.320 e. The lowest BCUT2D eigenvalue weighted by molar-refractivity contribution is -0.163. The summed E-state index contributed by atoms with van der Waals surface area (Å²) in [6.07, 6.45) is 12.2. The second-order valence-electron chi connectivity index (χ2n) is 11.8. The van der Waals surface area contributed by atoms with Crippen LogP contribution in [0.2, 0.25) is 0 Å². The van der Waals surface area contributed by atoms with Crippen LogP contribution in [0.5, 0.6) is 0 Å². The fourth-order valence-corrected chi connectivity index (χ4v) is 8.12. The molecule has 2 N–H and O–H groups in total. The SMILES string of the molecule is O=C(N1CCC(c2ccncc2)CC1)N1CCC[C@H](NC(=O)C23CC4CC(C2)C(O)[C@H](C4)C3)C1. The zero-order chi connectivity index (χ0) is 23.3. The van der Waals surface area contributed by atoms with Crippen LogP contribution in [-0.2, 0) is 4.79 Å². The summed E-state index contributed by atoms with van der Waals surface area (Å²) in [7, 11) is 0. The van der Waals surface area contributed by atoms with Crippen molar-refractivity contribution in [3.05, 3.63) is 30.1 Å². The van der Waals surface area contributed by atoms with E-state index < -0.39 is 0 Å². The van der Waals surface area contributed by atoms with Crippen LogP contribution in [0.1, 0.15) is 69.3 Å². The highest BCUT2D eigenvalue weighted by atomic mass is 16.3. The lowest BCUT2D eigenvalue weighted by Gasteiger charge is -2.58. The Morgan fingerprint density at radius 3 is 2.38 bits per heavy atom. The van der Waals surface area contributed by atoms with E-state index in [9.17, 15) is 14.7 Å². The van der Waals surface area contributed by atoms with Crippen molar-refractivity contribution in [1.29, 1.82) is 0 Å². The van der Waals surface area contributed by atoms with Gasteiger partial charge < -0.3 is 20.2 Å². The average Bonchev–Trinajstić information content (AvgIpc) is 2.87. The van der Waals surface area contributed by atoms with E-state index in [1.165, 1.54) is 5.56 Å². The number of piperidine rings is 2. The Labute approximate surface area is 202 Å². The minimum Gasteiger partial charge on any atom is -0.393 e. The van der Waals surface area contributed by atoms with Crippen molar-refractivity contribution >= 4 is 11.9 Å². The number of aromatic nitrogens is 1. The third kappa shape index (κ3) is 4.00. The van der Waals surface area contributed by atoms with Gasteiger partial charge in [0, 0.05) is 44.6 Å². The van der Waals surface area contributed by atoms with Crippen molar-refractivity contribution in [1.82, 2.24) is 20.1 Å². The summed E-state index contributed by atoms with van der Waals surface area (Å²) in [6.45, 7) is 2.97. The van der Waals surface area contributed by atoms with E-state index >= 15 is 0 Å². The molecule has 3 heterocycles. The van der Waals surface area contributed by atoms with Crippen LogP contribution >= 0.6 is 0 Å². The van der Waals surface area contributed by atoms with Crippen LogP contribution < -0.4 is 5.32 Å². The molecule has 4 saturated carbocycles. The molecule has 7 rings (SSSR count). The van der Waals surface area contributed by atoms with Crippen molar-refractivity contribution in [2.75, 3.05) is 26.2 Å². The first-order valence-electron chi connectivity index (χ1n) is 13.4. The molecule has 6 fully saturated rings. The highest BCUT2D eigenvalue weighted by molar-refractivity contribution is 5.83. The summed E-state index contributed by atoms with van der Waals surface area (Å²) in [5.41, 5.74) is 1.04. The van der Waals surface area contributed by atoms with Gasteiger partial charge in [-0.2, -0.15) is 0 Å². The van der Waals surface area contributed by atoms with Gasteiger partial charge in [-0.15, -0.1) is 0 Å². The fourth-order valence-electron chi connectivity index (χ4n) is 8.12. The molecule has 6 atom stereocenters. The highest BCUT2D eigenvalue weighted by Gasteiger charge is 2.58. The van der Waals surface area contributed by atoms with Crippen LogP contribution in [0.15, 0.2) is 24.5 Å². The quantitative estimate of drug-likeness (QED) is 0.717. The van der Waals surface area contributed by atoms with E-state index in [2.05, 4.69) is 22.4 Å². The van der Waals surface area contributed by atoms with E-state index in [-0.39, 0.29) is 29.5 Å². The summed E-state index contributed by atoms with van der Waals surface area (Å²) in [5, 5.41) is 13.9. The van der Waals surface area contributed by atoms with Crippen molar-refractivity contribution in [2.45, 2.75) is 75.9 Å². The van der Waals surface area contributed by atoms with Gasteiger partial charge in [-0.25, -0.2) is 4.79 Å². The lowest BCUT2D eigenvalue weighted by atomic mass is 9.48. The fraction of sp³-hybridized carbons (Fsp3) is 0.741. The Balaban J connectivity index is 1.04. The molecule has 184 valence electrons. The number of nitrogens with zero attached hydrogens (tertiary/aromatic N) is 3. The third-order valence-electron chi connectivity index (χ3n) is 9.68. The predicted octanol–water partition coefficient (Wildman–Crippen LogP) is 3.15. The first kappa shape index (κ1) is 22.3. The molecule has 1 aromatic heterocycles. The van der Waals surface area contributed by atoms with Crippen molar-refractivity contribution in [3.8, 4) is 0 Å². The van der Waals surface area contributed by atoms with Gasteiger partial charge in [0.05, 0.1) is 11.5 Å². The van der Waals surface area contributed by atoms with Gasteiger partial charge in [0.15, 0.2) is 0 Å². The molecule has 0 radical (unpaired) electrons. The topological polar surface area (TPSA) is 85.8 Å². The van der Waals surface area contributed by atoms with E-state index in [4.69, 9.17) is 0 Å². The van der Waals surface area contributed by atoms with E-state index in [1.54, 1.807) is 0 Å². The highest BCUT2D eigenvalue weighted by Crippen LogP contribution is 2.60. The maximum Gasteiger partial charge on any atom is 0.320 e. The third-order valence-corrected chi connectivity index (χ3v) is 9.68. The zero-order valence-corrected chi connectivity index (χ0v) is 20.1. The Morgan fingerprint density at radius 1 is 0.971 bits per heavy atom. The van der Waals surface area contributed by atoms with Crippen LogP contribution in [0.4, 0.5) is 4.79 Å². The first-order valence-corrected chi connectivity index (χ1v) is 13.4. The Hall–Kier alpha value is -2.15. The normalized spacial score (nSPS) is 37.6. The van der Waals surface area contributed by atoms with Gasteiger partial charge in [0.25, 0.3) is 0 Å². The minimum atomic E-state index is -0.281. The Bertz CT molecular complexity index is 900. The number of aliphatic hydroxyl groups excluding tert-OH is 1. The molecular weight excluding hydrogens is 428 g/mol. The van der Waals surface area contributed by atoms with Crippen molar-refractivity contribution in [2.24, 2.45) is 23.2 Å². The number of carbonyl (C=O) groups excluding carboxylic acids is 2. The second-order valence-corrected chi connectivity index (χ2v) is 11.8. The molecule has 3 amide bonds. The molecule has 2 saturated heterocycles. The van der Waals surface area contributed by atoms with Gasteiger partial charge in [0.1, 0.15) is 0 Å². The average molecular weight is 467 g/mol. The number of carbonyl (C=O) groups is 2. The summed E-state index contributed by atoms with van der Waals surface area (Å²) in [6, 6.07) is 4.34. The Morgan fingerprint density at radius 2 is 1.68 bits per heavy atom. The van der Waals surface area contributed by atoms with Gasteiger partial charge in [0.2, 0.25) is 5.91 Å². The minimum absolute atomic E-state index is 0.0393. The van der Waals surface area contributed by atoms with E-state index in [0.29, 0.717) is 30.2 Å². The summed E-state index contributed by atoms with van der Waals surface area (Å²) in [5.74, 6) is 1.90. The number of pyridine rings is 1. The monoisotopic (exact) mass is 466 g/mol. The molecule has 0 aromatic carbocycles. The van der Waals surface area contributed by atoms with Gasteiger partial charge in [-0.1, -0.05) is 0 Å². The number of aliphatic hydroxyl groups is 1. The van der Waals surface area contributed by atoms with Crippen molar-refractivity contribution < 1.29 is 14.7 Å². The molecular formula is C27H38N4O3. The zero-order valence-electron chi connectivity index (χ0n) is 20.1. The maximum absolute atomic E-state index is 13.5. The van der Waals surface area contributed by atoms with E-state index in [0.717, 1.165) is 77.4 Å². The number of likely N-dealkylation sites (tertiary alicyclic amines) is 2. The Kier molecular flexibility index (Phi) is 5.79. The van der Waals surface area contributed by atoms with E-state index in [1.807, 2.05) is 22.2 Å². The van der Waals surface area contributed by atoms with Crippen LogP contribution in [-0.4, -0.2) is 70.2 Å². The molecule has 34 heavy (non-hydrogen) atoms. The molecule has 4 unspecified atom stereocenters. The number of hydrogen-bond donors (Lipinski definition) is 2. The summed E-state index contributed by atoms with van der Waals surface area (Å²) >= 11 is 0. The van der Waals surface area contributed by atoms with Crippen LogP contribution in [0.25, 0.3) is 0 Å². The number of hydrogen-bond acceptors (Lipinski definition) is 4. The molecule has 7 nitrogen and oxygen atoms in total. The number of amides is 3. The van der Waals surface area contributed by atoms with Gasteiger partial charge >= 0.3 is 6.03 Å². The maximum atomic E-state index is 13.5. The van der Waals surface area contributed by atoms with Gasteiger partial charge in [-0.3, -0.25) is 9.78 Å². The summed E-state index contributed by atoms with van der Waals surface area (Å²) in [4.78, 5) is 34.9. The molecule has 2 aliphatic heterocycles. The van der Waals surface area contributed by atoms with Gasteiger partial charge in [-0.05, 0) is 99.2 Å². The molecule has 4 aliphatic carbocycles. The standard InChI is InChI=1S/C27H38N4O3/c32-24-21-12-18-13-22(24)16-27(14-18,15-21)25(33)29-23-2-1-9-31(17-23)26(34)30-10-5-20(6-11-30)19-3-7-28-8-4-19/h3-4,7-8,18,20-24,32H,1-2,5-6,9-17H2,(H,29,33)/t18?,21-,22?,23+,24?,27?/m1/s1. The second kappa shape index (κ2) is 8.81.